The molecule has 0 bridgehead atoms. The summed E-state index contributed by atoms with van der Waals surface area (Å²) in [6.45, 7) is 7.12. The zero-order chi connectivity index (χ0) is 19.2. The molecule has 0 atom stereocenters. The van der Waals surface area contributed by atoms with Gasteiger partial charge in [-0.3, -0.25) is 5.43 Å². The summed E-state index contributed by atoms with van der Waals surface area (Å²) in [5, 5.41) is 7.39. The first-order valence-electron chi connectivity index (χ1n) is 8.32. The van der Waals surface area contributed by atoms with Crippen LogP contribution >= 0.6 is 28.1 Å². The molecular formula is C20H24BrN3OS. The third-order valence-corrected chi connectivity index (χ3v) is 4.57. The molecule has 0 spiro atoms. The first-order chi connectivity index (χ1) is 12.3. The van der Waals surface area contributed by atoms with Gasteiger partial charge in [0.2, 0.25) is 0 Å². The molecule has 0 aliphatic carbocycles. The van der Waals surface area contributed by atoms with Gasteiger partial charge in [-0.05, 0) is 47.0 Å². The van der Waals surface area contributed by atoms with E-state index < -0.39 is 0 Å². The first-order valence-corrected chi connectivity index (χ1v) is 9.52. The van der Waals surface area contributed by atoms with Crippen molar-refractivity contribution in [3.8, 4) is 5.75 Å². The summed E-state index contributed by atoms with van der Waals surface area (Å²) in [6, 6.07) is 14.4. The van der Waals surface area contributed by atoms with Gasteiger partial charge in [0, 0.05) is 17.1 Å². The minimum Gasteiger partial charge on any atom is -0.488 e. The number of hydrazone groups is 1. The monoisotopic (exact) mass is 433 g/mol. The standard InChI is InChI=1S/C20H24BrN3OS/c1-20(2,3)16-7-5-14(6-8-16)13-25-18-10-9-17(21)11-15(18)12-23-24-19(26)22-4/h5-12H,13H2,1-4H3,(H2,22,24,26)/b23-12+. The molecule has 2 aromatic carbocycles. The average Bonchev–Trinajstić information content (AvgIpc) is 2.60. The van der Waals surface area contributed by atoms with Crippen LogP contribution in [0.25, 0.3) is 0 Å². The van der Waals surface area contributed by atoms with Gasteiger partial charge in [-0.25, -0.2) is 0 Å². The Morgan fingerprint density at radius 1 is 1.19 bits per heavy atom. The van der Waals surface area contributed by atoms with Crippen LogP contribution in [-0.4, -0.2) is 18.4 Å². The molecule has 0 fully saturated rings. The number of benzene rings is 2. The lowest BCUT2D eigenvalue weighted by molar-refractivity contribution is 0.305. The summed E-state index contributed by atoms with van der Waals surface area (Å²) in [7, 11) is 1.74. The predicted octanol–water partition coefficient (Wildman–Crippen LogP) is 4.75. The molecule has 0 radical (unpaired) electrons. The minimum atomic E-state index is 0.148. The lowest BCUT2D eigenvalue weighted by Gasteiger charge is -2.19. The van der Waals surface area contributed by atoms with Crippen molar-refractivity contribution >= 4 is 39.5 Å². The van der Waals surface area contributed by atoms with E-state index in [4.69, 9.17) is 17.0 Å². The molecular weight excluding hydrogens is 410 g/mol. The fraction of sp³-hybridized carbons (Fsp3) is 0.300. The molecule has 0 amide bonds. The number of thiocarbonyl (C=S) groups is 1. The highest BCUT2D eigenvalue weighted by atomic mass is 79.9. The van der Waals surface area contributed by atoms with Gasteiger partial charge in [0.1, 0.15) is 12.4 Å². The van der Waals surface area contributed by atoms with Gasteiger partial charge < -0.3 is 10.1 Å². The topological polar surface area (TPSA) is 45.7 Å². The fourth-order valence-electron chi connectivity index (χ4n) is 2.23. The maximum Gasteiger partial charge on any atom is 0.186 e. The Balaban J connectivity index is 2.08. The number of nitrogens with one attached hydrogen (secondary N) is 2. The second-order valence-electron chi connectivity index (χ2n) is 6.87. The highest BCUT2D eigenvalue weighted by Crippen LogP contribution is 2.24. The number of rotatable bonds is 5. The maximum absolute atomic E-state index is 6.00. The van der Waals surface area contributed by atoms with Crippen molar-refractivity contribution in [1.29, 1.82) is 0 Å². The SMILES string of the molecule is CNC(=S)N/N=C/c1cc(Br)ccc1OCc1ccc(C(C)(C)C)cc1. The Labute approximate surface area is 169 Å². The van der Waals surface area contributed by atoms with Crippen LogP contribution in [0.5, 0.6) is 5.75 Å². The van der Waals surface area contributed by atoms with E-state index in [9.17, 15) is 0 Å². The van der Waals surface area contributed by atoms with Crippen molar-refractivity contribution in [2.45, 2.75) is 32.8 Å². The number of hydrogen-bond donors (Lipinski definition) is 2. The summed E-state index contributed by atoms with van der Waals surface area (Å²) in [6.07, 6.45) is 1.69. The van der Waals surface area contributed by atoms with Crippen molar-refractivity contribution in [2.75, 3.05) is 7.05 Å². The lowest BCUT2D eigenvalue weighted by Crippen LogP contribution is -2.28. The summed E-state index contributed by atoms with van der Waals surface area (Å²) >= 11 is 8.48. The quantitative estimate of drug-likeness (QED) is 0.405. The van der Waals surface area contributed by atoms with Crippen LogP contribution in [0.3, 0.4) is 0 Å². The van der Waals surface area contributed by atoms with Crippen molar-refractivity contribution in [2.24, 2.45) is 5.10 Å². The van der Waals surface area contributed by atoms with Gasteiger partial charge in [-0.2, -0.15) is 5.10 Å². The van der Waals surface area contributed by atoms with Crippen LogP contribution in [0, 0.1) is 0 Å². The van der Waals surface area contributed by atoms with Crippen LogP contribution < -0.4 is 15.5 Å². The molecule has 0 saturated heterocycles. The van der Waals surface area contributed by atoms with E-state index in [1.165, 1.54) is 5.56 Å². The molecule has 2 aromatic rings. The first kappa shape index (κ1) is 20.4. The highest BCUT2D eigenvalue weighted by Gasteiger charge is 2.13. The summed E-state index contributed by atoms with van der Waals surface area (Å²) < 4.78 is 6.95. The molecule has 6 heteroatoms. The van der Waals surface area contributed by atoms with Crippen LogP contribution in [0.1, 0.15) is 37.5 Å². The number of nitrogens with zero attached hydrogens (tertiary/aromatic N) is 1. The average molecular weight is 434 g/mol. The molecule has 0 saturated carbocycles. The van der Waals surface area contributed by atoms with E-state index in [0.29, 0.717) is 11.7 Å². The number of halogens is 1. The Hall–Kier alpha value is -1.92. The largest absolute Gasteiger partial charge is 0.488 e. The van der Waals surface area contributed by atoms with E-state index in [1.54, 1.807) is 13.3 Å². The summed E-state index contributed by atoms with van der Waals surface area (Å²) in [4.78, 5) is 0. The summed E-state index contributed by atoms with van der Waals surface area (Å²) in [5.41, 5.74) is 6.18. The minimum absolute atomic E-state index is 0.148. The second kappa shape index (κ2) is 9.14. The number of ether oxygens (including phenoxy) is 1. The van der Waals surface area contributed by atoms with Crippen LogP contribution in [0.2, 0.25) is 0 Å². The predicted molar refractivity (Wildman–Crippen MR) is 116 cm³/mol. The zero-order valence-electron chi connectivity index (χ0n) is 15.5. The van der Waals surface area contributed by atoms with Gasteiger partial charge in [0.15, 0.2) is 5.11 Å². The highest BCUT2D eigenvalue weighted by molar-refractivity contribution is 9.10. The molecule has 4 nitrogen and oxygen atoms in total. The molecule has 0 aromatic heterocycles. The van der Waals surface area contributed by atoms with E-state index in [-0.39, 0.29) is 5.41 Å². The molecule has 26 heavy (non-hydrogen) atoms. The van der Waals surface area contributed by atoms with E-state index in [1.807, 2.05) is 18.2 Å². The smallest absolute Gasteiger partial charge is 0.186 e. The van der Waals surface area contributed by atoms with Gasteiger partial charge in [-0.15, -0.1) is 0 Å². The fourth-order valence-corrected chi connectivity index (χ4v) is 2.66. The summed E-state index contributed by atoms with van der Waals surface area (Å²) in [5.74, 6) is 0.758. The van der Waals surface area contributed by atoms with Crippen molar-refractivity contribution in [1.82, 2.24) is 10.7 Å². The van der Waals surface area contributed by atoms with Gasteiger partial charge in [0.05, 0.1) is 6.21 Å². The van der Waals surface area contributed by atoms with E-state index in [2.05, 4.69) is 76.8 Å². The molecule has 2 rings (SSSR count). The zero-order valence-corrected chi connectivity index (χ0v) is 17.9. The third-order valence-electron chi connectivity index (χ3n) is 3.78. The van der Waals surface area contributed by atoms with E-state index >= 15 is 0 Å². The Bertz CT molecular complexity index is 783. The Morgan fingerprint density at radius 2 is 1.88 bits per heavy atom. The molecule has 0 unspecified atom stereocenters. The Morgan fingerprint density at radius 3 is 2.50 bits per heavy atom. The van der Waals surface area contributed by atoms with Crippen molar-refractivity contribution < 1.29 is 4.74 Å². The van der Waals surface area contributed by atoms with Gasteiger partial charge in [-0.1, -0.05) is 61.0 Å². The van der Waals surface area contributed by atoms with Crippen molar-refractivity contribution in [3.63, 3.8) is 0 Å². The third kappa shape index (κ3) is 6.11. The van der Waals surface area contributed by atoms with Gasteiger partial charge >= 0.3 is 0 Å². The second-order valence-corrected chi connectivity index (χ2v) is 8.19. The van der Waals surface area contributed by atoms with Gasteiger partial charge in [0.25, 0.3) is 0 Å². The molecule has 0 aliphatic rings. The molecule has 2 N–H and O–H groups in total. The normalized spacial score (nSPS) is 11.4. The van der Waals surface area contributed by atoms with E-state index in [0.717, 1.165) is 21.3 Å². The lowest BCUT2D eigenvalue weighted by atomic mass is 9.87. The molecule has 0 heterocycles. The molecule has 138 valence electrons. The Kier molecular flexibility index (Phi) is 7.17. The number of hydrogen-bond acceptors (Lipinski definition) is 3. The maximum atomic E-state index is 6.00. The van der Waals surface area contributed by atoms with Crippen molar-refractivity contribution in [3.05, 3.63) is 63.6 Å². The molecule has 0 aliphatic heterocycles. The van der Waals surface area contributed by atoms with Crippen LogP contribution in [0.4, 0.5) is 0 Å². The van der Waals surface area contributed by atoms with Crippen LogP contribution in [0.15, 0.2) is 52.0 Å². The van der Waals surface area contributed by atoms with Crippen LogP contribution in [-0.2, 0) is 12.0 Å².